The Morgan fingerprint density at radius 2 is 2.17 bits per heavy atom. The molecule has 100 valence electrons. The Balaban J connectivity index is 1.96. The second-order valence-electron chi connectivity index (χ2n) is 4.83. The minimum atomic E-state index is 0.816. The summed E-state index contributed by atoms with van der Waals surface area (Å²) in [7, 11) is 1.69. The number of hydrogen-bond donors (Lipinski definition) is 1. The van der Waals surface area contributed by atoms with E-state index in [-0.39, 0.29) is 0 Å². The lowest BCUT2D eigenvalue weighted by atomic mass is 10.2. The van der Waals surface area contributed by atoms with Crippen molar-refractivity contribution in [3.63, 3.8) is 0 Å². The van der Waals surface area contributed by atoms with Gasteiger partial charge >= 0.3 is 0 Å². The van der Waals surface area contributed by atoms with E-state index in [2.05, 4.69) is 18.3 Å². The summed E-state index contributed by atoms with van der Waals surface area (Å²) in [4.78, 5) is 0. The van der Waals surface area contributed by atoms with Crippen molar-refractivity contribution in [3.05, 3.63) is 23.8 Å². The maximum absolute atomic E-state index is 5.91. The van der Waals surface area contributed by atoms with E-state index in [9.17, 15) is 0 Å². The highest BCUT2D eigenvalue weighted by Gasteiger charge is 2.20. The third-order valence-corrected chi connectivity index (χ3v) is 3.32. The van der Waals surface area contributed by atoms with E-state index in [4.69, 9.17) is 9.47 Å². The fourth-order valence-corrected chi connectivity index (χ4v) is 1.94. The lowest BCUT2D eigenvalue weighted by Gasteiger charge is -2.13. The molecule has 0 aromatic heterocycles. The molecular weight excluding hydrogens is 226 g/mol. The molecule has 18 heavy (non-hydrogen) atoms. The Morgan fingerprint density at radius 3 is 2.83 bits per heavy atom. The topological polar surface area (TPSA) is 30.5 Å². The molecule has 1 N–H and O–H groups in total. The summed E-state index contributed by atoms with van der Waals surface area (Å²) in [6.45, 7) is 4.74. The quantitative estimate of drug-likeness (QED) is 0.768. The van der Waals surface area contributed by atoms with E-state index in [1.54, 1.807) is 7.11 Å². The van der Waals surface area contributed by atoms with Crippen LogP contribution in [0.4, 0.5) is 0 Å². The maximum atomic E-state index is 5.91. The normalized spacial score (nSPS) is 14.6. The molecule has 0 unspecified atom stereocenters. The van der Waals surface area contributed by atoms with Gasteiger partial charge in [-0.1, -0.05) is 25.8 Å². The van der Waals surface area contributed by atoms with Gasteiger partial charge in [-0.15, -0.1) is 0 Å². The van der Waals surface area contributed by atoms with Crippen molar-refractivity contribution in [3.8, 4) is 11.5 Å². The first kappa shape index (κ1) is 13.2. The largest absolute Gasteiger partial charge is 0.497 e. The molecule has 2 rings (SSSR count). The Hall–Kier alpha value is -1.22. The van der Waals surface area contributed by atoms with Crippen molar-refractivity contribution in [2.24, 2.45) is 5.92 Å². The first-order chi connectivity index (χ1) is 8.83. The molecule has 1 fully saturated rings. The molecule has 1 aromatic rings. The molecule has 1 aliphatic carbocycles. The van der Waals surface area contributed by atoms with Crippen molar-refractivity contribution < 1.29 is 9.47 Å². The second kappa shape index (κ2) is 6.64. The van der Waals surface area contributed by atoms with Gasteiger partial charge in [0.25, 0.3) is 0 Å². The summed E-state index contributed by atoms with van der Waals surface area (Å²) in [5.41, 5.74) is 1.20. The highest BCUT2D eigenvalue weighted by atomic mass is 16.5. The highest BCUT2D eigenvalue weighted by molar-refractivity contribution is 5.40. The van der Waals surface area contributed by atoms with Gasteiger partial charge in [-0.3, -0.25) is 0 Å². The summed E-state index contributed by atoms with van der Waals surface area (Å²) in [5.74, 6) is 2.72. The van der Waals surface area contributed by atoms with E-state index in [0.717, 1.165) is 37.1 Å². The van der Waals surface area contributed by atoms with Crippen LogP contribution in [-0.4, -0.2) is 20.3 Å². The number of hydrogen-bond acceptors (Lipinski definition) is 3. The Bertz CT molecular complexity index is 375. The predicted molar refractivity (Wildman–Crippen MR) is 73.2 cm³/mol. The lowest BCUT2D eigenvalue weighted by Crippen LogP contribution is -2.13. The van der Waals surface area contributed by atoms with Crippen LogP contribution in [0.5, 0.6) is 11.5 Å². The summed E-state index contributed by atoms with van der Waals surface area (Å²) < 4.78 is 11.2. The molecule has 3 nitrogen and oxygen atoms in total. The SMILES string of the molecule is CCNCc1ccc(OC)cc1OCCC1CC1. The Kier molecular flexibility index (Phi) is 4.88. The van der Waals surface area contributed by atoms with Crippen LogP contribution in [0.2, 0.25) is 0 Å². The van der Waals surface area contributed by atoms with Crippen LogP contribution in [-0.2, 0) is 6.54 Å². The van der Waals surface area contributed by atoms with Gasteiger partial charge in [0.15, 0.2) is 0 Å². The summed E-state index contributed by atoms with van der Waals surface area (Å²) in [6, 6.07) is 6.05. The molecule has 0 saturated heterocycles. The first-order valence-corrected chi connectivity index (χ1v) is 6.84. The second-order valence-corrected chi connectivity index (χ2v) is 4.83. The van der Waals surface area contributed by atoms with Gasteiger partial charge in [0.2, 0.25) is 0 Å². The number of rotatable bonds is 8. The monoisotopic (exact) mass is 249 g/mol. The molecule has 0 radical (unpaired) electrons. The molecule has 0 aliphatic heterocycles. The Labute approximate surface area is 109 Å². The van der Waals surface area contributed by atoms with E-state index < -0.39 is 0 Å². The zero-order chi connectivity index (χ0) is 12.8. The highest BCUT2D eigenvalue weighted by Crippen LogP contribution is 2.33. The summed E-state index contributed by atoms with van der Waals surface area (Å²) in [6.07, 6.45) is 3.94. The van der Waals surface area contributed by atoms with Gasteiger partial charge < -0.3 is 14.8 Å². The first-order valence-electron chi connectivity index (χ1n) is 6.84. The number of benzene rings is 1. The van der Waals surface area contributed by atoms with E-state index >= 15 is 0 Å². The molecular formula is C15H23NO2. The van der Waals surface area contributed by atoms with Gasteiger partial charge in [-0.25, -0.2) is 0 Å². The molecule has 0 bridgehead atoms. The van der Waals surface area contributed by atoms with E-state index in [1.165, 1.54) is 24.8 Å². The molecule has 3 heteroatoms. The fourth-order valence-electron chi connectivity index (χ4n) is 1.94. The molecule has 0 spiro atoms. The van der Waals surface area contributed by atoms with Crippen LogP contribution in [0.3, 0.4) is 0 Å². The zero-order valence-corrected chi connectivity index (χ0v) is 11.4. The van der Waals surface area contributed by atoms with Gasteiger partial charge in [0.1, 0.15) is 11.5 Å². The predicted octanol–water partition coefficient (Wildman–Crippen LogP) is 2.98. The van der Waals surface area contributed by atoms with Crippen molar-refractivity contribution in [2.45, 2.75) is 32.7 Å². The molecule has 0 amide bonds. The number of ether oxygens (including phenoxy) is 2. The van der Waals surface area contributed by atoms with Crippen LogP contribution >= 0.6 is 0 Å². The van der Waals surface area contributed by atoms with Gasteiger partial charge in [0.05, 0.1) is 13.7 Å². The standard InChI is InChI=1S/C15H23NO2/c1-3-16-11-13-6-7-14(17-2)10-15(13)18-9-8-12-4-5-12/h6-7,10,12,16H,3-5,8-9,11H2,1-2H3. The molecule has 0 heterocycles. The van der Waals surface area contributed by atoms with Gasteiger partial charge in [-0.05, 0) is 24.9 Å². The van der Waals surface area contributed by atoms with Gasteiger partial charge in [0, 0.05) is 18.2 Å². The lowest BCUT2D eigenvalue weighted by molar-refractivity contribution is 0.296. The minimum Gasteiger partial charge on any atom is -0.497 e. The van der Waals surface area contributed by atoms with Crippen molar-refractivity contribution in [1.29, 1.82) is 0 Å². The van der Waals surface area contributed by atoms with Crippen LogP contribution in [0, 0.1) is 5.92 Å². The van der Waals surface area contributed by atoms with Crippen molar-refractivity contribution in [2.75, 3.05) is 20.3 Å². The van der Waals surface area contributed by atoms with Crippen molar-refractivity contribution >= 4 is 0 Å². The third-order valence-electron chi connectivity index (χ3n) is 3.32. The van der Waals surface area contributed by atoms with Crippen LogP contribution in [0.25, 0.3) is 0 Å². The Morgan fingerprint density at radius 1 is 1.33 bits per heavy atom. The molecule has 1 aliphatic rings. The maximum Gasteiger partial charge on any atom is 0.127 e. The summed E-state index contributed by atoms with van der Waals surface area (Å²) in [5, 5.41) is 3.33. The van der Waals surface area contributed by atoms with E-state index in [1.807, 2.05) is 12.1 Å². The van der Waals surface area contributed by atoms with Crippen molar-refractivity contribution in [1.82, 2.24) is 5.32 Å². The zero-order valence-electron chi connectivity index (χ0n) is 11.4. The fraction of sp³-hybridized carbons (Fsp3) is 0.600. The number of methoxy groups -OCH3 is 1. The van der Waals surface area contributed by atoms with Gasteiger partial charge in [-0.2, -0.15) is 0 Å². The number of nitrogens with one attached hydrogen (secondary N) is 1. The van der Waals surface area contributed by atoms with Crippen LogP contribution in [0.1, 0.15) is 31.7 Å². The summed E-state index contributed by atoms with van der Waals surface area (Å²) >= 11 is 0. The molecule has 1 aromatic carbocycles. The van der Waals surface area contributed by atoms with E-state index in [0.29, 0.717) is 0 Å². The minimum absolute atomic E-state index is 0.816. The van der Waals surface area contributed by atoms with Crippen LogP contribution < -0.4 is 14.8 Å². The molecule has 0 atom stereocenters. The average Bonchev–Trinajstić information content (AvgIpc) is 3.21. The third kappa shape index (κ3) is 3.91. The molecule has 1 saturated carbocycles. The average molecular weight is 249 g/mol. The smallest absolute Gasteiger partial charge is 0.127 e. The van der Waals surface area contributed by atoms with Crippen LogP contribution in [0.15, 0.2) is 18.2 Å².